The van der Waals surface area contributed by atoms with Crippen LogP contribution in [-0.2, 0) is 27.7 Å². The molecule has 0 bridgehead atoms. The Hall–Kier alpha value is -2.11. The van der Waals surface area contributed by atoms with E-state index in [2.05, 4.69) is 15.0 Å². The smallest absolute Gasteiger partial charge is 0.413 e. The zero-order chi connectivity index (χ0) is 18.2. The minimum absolute atomic E-state index is 0.00496. The van der Waals surface area contributed by atoms with Crippen molar-refractivity contribution in [2.75, 3.05) is 19.0 Å². The first-order valence-corrected chi connectivity index (χ1v) is 9.35. The number of aromatic nitrogens is 1. The van der Waals surface area contributed by atoms with Crippen molar-refractivity contribution in [2.24, 2.45) is 0 Å². The van der Waals surface area contributed by atoms with E-state index in [1.165, 1.54) is 7.11 Å². The Morgan fingerprint density at radius 1 is 1.40 bits per heavy atom. The number of hydrogen-bond donors (Lipinski definition) is 1. The fourth-order valence-corrected chi connectivity index (χ4v) is 4.94. The van der Waals surface area contributed by atoms with Crippen molar-refractivity contribution in [2.45, 2.75) is 17.9 Å². The van der Waals surface area contributed by atoms with E-state index in [0.29, 0.717) is 28.2 Å². The van der Waals surface area contributed by atoms with Crippen LogP contribution in [0.1, 0.15) is 10.6 Å². The Morgan fingerprint density at radius 2 is 2.16 bits per heavy atom. The molecule has 0 aliphatic carbocycles. The molecule has 0 radical (unpaired) electrons. The highest BCUT2D eigenvalue weighted by Gasteiger charge is 2.32. The number of fused-ring (bicyclic) bond motifs is 1. The molecule has 0 saturated heterocycles. The van der Waals surface area contributed by atoms with Gasteiger partial charge in [0.1, 0.15) is 16.5 Å². The Kier molecular flexibility index (Phi) is 4.71. The molecule has 1 aliphatic heterocycles. The standard InChI is InChI=1S/C14H13F2N3O4S2/c1-23-14(20)18-13-17-10-4-5-19(7-11(10)24-13)25(21,22)12-3-2-8(15)6-9(12)16/h2-3,6H,4-5,7H2,1H3,(H,17,18,20). The predicted molar refractivity (Wildman–Crippen MR) is 85.8 cm³/mol. The van der Waals surface area contributed by atoms with Gasteiger partial charge < -0.3 is 4.74 Å². The van der Waals surface area contributed by atoms with Crippen molar-refractivity contribution in [1.29, 1.82) is 0 Å². The number of nitrogens with zero attached hydrogens (tertiary/aromatic N) is 2. The number of benzene rings is 1. The van der Waals surface area contributed by atoms with E-state index < -0.39 is 32.6 Å². The molecule has 0 fully saturated rings. The molecule has 3 rings (SSSR count). The normalized spacial score (nSPS) is 14.8. The van der Waals surface area contributed by atoms with Gasteiger partial charge in [0.25, 0.3) is 0 Å². The number of nitrogens with one attached hydrogen (secondary N) is 1. The van der Waals surface area contributed by atoms with Crippen LogP contribution in [0.5, 0.6) is 0 Å². The van der Waals surface area contributed by atoms with Crippen molar-refractivity contribution in [3.05, 3.63) is 40.4 Å². The first-order chi connectivity index (χ1) is 11.8. The number of carbonyl (C=O) groups is 1. The summed E-state index contributed by atoms with van der Waals surface area (Å²) in [6, 6.07) is 2.34. The lowest BCUT2D eigenvalue weighted by Crippen LogP contribution is -2.36. The Morgan fingerprint density at radius 3 is 2.84 bits per heavy atom. The maximum Gasteiger partial charge on any atom is 0.413 e. The van der Waals surface area contributed by atoms with E-state index in [0.717, 1.165) is 27.8 Å². The third kappa shape index (κ3) is 3.48. The molecule has 1 aromatic carbocycles. The molecule has 11 heteroatoms. The van der Waals surface area contributed by atoms with E-state index >= 15 is 0 Å². The minimum atomic E-state index is -4.11. The average Bonchev–Trinajstić information content (AvgIpc) is 2.95. The molecule has 1 aliphatic rings. The number of carbonyl (C=O) groups excluding carboxylic acids is 1. The minimum Gasteiger partial charge on any atom is -0.453 e. The van der Waals surface area contributed by atoms with Gasteiger partial charge >= 0.3 is 6.09 Å². The zero-order valence-corrected chi connectivity index (χ0v) is 14.6. The van der Waals surface area contributed by atoms with Crippen molar-refractivity contribution >= 4 is 32.6 Å². The van der Waals surface area contributed by atoms with Crippen LogP contribution in [0.3, 0.4) is 0 Å². The Balaban J connectivity index is 1.85. The number of rotatable bonds is 3. The lowest BCUT2D eigenvalue weighted by molar-refractivity contribution is 0.187. The second-order valence-electron chi connectivity index (χ2n) is 5.17. The summed E-state index contributed by atoms with van der Waals surface area (Å²) in [5.74, 6) is -1.98. The summed E-state index contributed by atoms with van der Waals surface area (Å²) in [4.78, 5) is 15.5. The second kappa shape index (κ2) is 6.65. The van der Waals surface area contributed by atoms with E-state index in [-0.39, 0.29) is 13.1 Å². The highest BCUT2D eigenvalue weighted by atomic mass is 32.2. The van der Waals surface area contributed by atoms with Gasteiger partial charge in [0.05, 0.1) is 19.3 Å². The topological polar surface area (TPSA) is 88.6 Å². The van der Waals surface area contributed by atoms with Gasteiger partial charge in [-0.2, -0.15) is 4.31 Å². The van der Waals surface area contributed by atoms with Crippen molar-refractivity contribution in [3.63, 3.8) is 0 Å². The van der Waals surface area contributed by atoms with E-state index in [9.17, 15) is 22.0 Å². The Labute approximate surface area is 146 Å². The fourth-order valence-electron chi connectivity index (χ4n) is 2.39. The number of amides is 1. The molecule has 7 nitrogen and oxygen atoms in total. The van der Waals surface area contributed by atoms with Crippen molar-refractivity contribution < 1.29 is 26.7 Å². The van der Waals surface area contributed by atoms with Crippen LogP contribution < -0.4 is 5.32 Å². The van der Waals surface area contributed by atoms with E-state index in [4.69, 9.17) is 0 Å². The van der Waals surface area contributed by atoms with Gasteiger partial charge in [-0.05, 0) is 12.1 Å². The molecule has 25 heavy (non-hydrogen) atoms. The first kappa shape index (κ1) is 17.7. The van der Waals surface area contributed by atoms with Crippen LogP contribution in [0, 0.1) is 11.6 Å². The largest absolute Gasteiger partial charge is 0.453 e. The molecule has 2 aromatic rings. The molecule has 0 unspecified atom stereocenters. The second-order valence-corrected chi connectivity index (χ2v) is 8.16. The molecule has 1 amide bonds. The molecule has 0 saturated carbocycles. The van der Waals surface area contributed by atoms with Gasteiger partial charge in [-0.1, -0.05) is 11.3 Å². The SMILES string of the molecule is COC(=O)Nc1nc2c(s1)CN(S(=O)(=O)c1ccc(F)cc1F)CC2. The number of ether oxygens (including phenoxy) is 1. The lowest BCUT2D eigenvalue weighted by atomic mass is 10.2. The maximum absolute atomic E-state index is 13.9. The highest BCUT2D eigenvalue weighted by Crippen LogP contribution is 2.31. The molecular formula is C14H13F2N3O4S2. The first-order valence-electron chi connectivity index (χ1n) is 7.10. The number of methoxy groups -OCH3 is 1. The Bertz CT molecular complexity index is 930. The number of sulfonamides is 1. The van der Waals surface area contributed by atoms with Crippen LogP contribution in [0.25, 0.3) is 0 Å². The summed E-state index contributed by atoms with van der Waals surface area (Å²) < 4.78 is 57.7. The van der Waals surface area contributed by atoms with Crippen molar-refractivity contribution in [3.8, 4) is 0 Å². The third-order valence-corrected chi connectivity index (χ3v) is 6.48. The van der Waals surface area contributed by atoms with Gasteiger partial charge in [-0.15, -0.1) is 0 Å². The predicted octanol–water partition coefficient (Wildman–Crippen LogP) is 2.35. The molecule has 134 valence electrons. The molecular weight excluding hydrogens is 376 g/mol. The van der Waals surface area contributed by atoms with Crippen LogP contribution >= 0.6 is 11.3 Å². The number of thiazole rings is 1. The van der Waals surface area contributed by atoms with Gasteiger partial charge in [0.15, 0.2) is 5.13 Å². The molecule has 2 heterocycles. The van der Waals surface area contributed by atoms with Gasteiger partial charge in [0.2, 0.25) is 10.0 Å². The summed E-state index contributed by atoms with van der Waals surface area (Å²) in [7, 11) is -2.90. The lowest BCUT2D eigenvalue weighted by Gasteiger charge is -2.25. The molecule has 1 aromatic heterocycles. The summed E-state index contributed by atoms with van der Waals surface area (Å²) in [5, 5.41) is 2.72. The van der Waals surface area contributed by atoms with Gasteiger partial charge in [-0.3, -0.25) is 5.32 Å². The van der Waals surface area contributed by atoms with Crippen LogP contribution in [0.15, 0.2) is 23.1 Å². The fraction of sp³-hybridized carbons (Fsp3) is 0.286. The summed E-state index contributed by atoms with van der Waals surface area (Å²) in [6.07, 6.45) is -0.361. The third-order valence-electron chi connectivity index (χ3n) is 3.60. The van der Waals surface area contributed by atoms with Gasteiger partial charge in [-0.25, -0.2) is 27.0 Å². The number of hydrogen-bond acceptors (Lipinski definition) is 6. The van der Waals surface area contributed by atoms with Crippen LogP contribution in [0.2, 0.25) is 0 Å². The maximum atomic E-state index is 13.9. The van der Waals surface area contributed by atoms with Gasteiger partial charge in [0, 0.05) is 23.9 Å². The monoisotopic (exact) mass is 389 g/mol. The number of anilines is 1. The highest BCUT2D eigenvalue weighted by molar-refractivity contribution is 7.89. The summed E-state index contributed by atoms with van der Waals surface area (Å²) >= 11 is 1.12. The summed E-state index contributed by atoms with van der Waals surface area (Å²) in [5.41, 5.74) is 0.669. The number of halogens is 2. The van der Waals surface area contributed by atoms with Crippen LogP contribution in [0.4, 0.5) is 18.7 Å². The zero-order valence-electron chi connectivity index (χ0n) is 13.0. The molecule has 1 N–H and O–H groups in total. The summed E-state index contributed by atoms with van der Waals surface area (Å²) in [6.45, 7) is 0.0998. The van der Waals surface area contributed by atoms with Crippen LogP contribution in [-0.4, -0.2) is 37.5 Å². The average molecular weight is 389 g/mol. The van der Waals surface area contributed by atoms with E-state index in [1.807, 2.05) is 0 Å². The molecule has 0 atom stereocenters. The molecule has 0 spiro atoms. The van der Waals surface area contributed by atoms with Crippen molar-refractivity contribution in [1.82, 2.24) is 9.29 Å². The quantitative estimate of drug-likeness (QED) is 0.871. The van der Waals surface area contributed by atoms with E-state index in [1.54, 1.807) is 0 Å².